The molecular formula is C16H13N3O3S. The topological polar surface area (TPSA) is 87.8 Å². The van der Waals surface area contributed by atoms with Gasteiger partial charge in [0.05, 0.1) is 12.7 Å². The molecule has 0 bridgehead atoms. The number of hydrogen-bond donors (Lipinski definition) is 2. The van der Waals surface area contributed by atoms with Crippen LogP contribution in [0.3, 0.4) is 0 Å². The second-order valence-corrected chi connectivity index (χ2v) is 5.59. The highest BCUT2D eigenvalue weighted by atomic mass is 32.1. The fraction of sp³-hybridized carbons (Fsp3) is 0.0625. The molecule has 6 nitrogen and oxygen atoms in total. The first-order valence-electron chi connectivity index (χ1n) is 6.69. The molecule has 1 aromatic heterocycles. The van der Waals surface area contributed by atoms with Crippen LogP contribution in [0.1, 0.15) is 5.56 Å². The lowest BCUT2D eigenvalue weighted by molar-refractivity contribution is 0.407. The van der Waals surface area contributed by atoms with Crippen molar-refractivity contribution in [3.8, 4) is 27.8 Å². The average molecular weight is 327 g/mol. The Morgan fingerprint density at radius 3 is 2.74 bits per heavy atom. The highest BCUT2D eigenvalue weighted by molar-refractivity contribution is 7.18. The predicted molar refractivity (Wildman–Crippen MR) is 88.9 cm³/mol. The van der Waals surface area contributed by atoms with Gasteiger partial charge in [-0.1, -0.05) is 23.5 Å². The number of benzene rings is 2. The summed E-state index contributed by atoms with van der Waals surface area (Å²) in [7, 11) is 1.53. The van der Waals surface area contributed by atoms with E-state index in [1.54, 1.807) is 36.5 Å². The van der Waals surface area contributed by atoms with E-state index < -0.39 is 0 Å². The third kappa shape index (κ3) is 3.46. The Labute approximate surface area is 136 Å². The van der Waals surface area contributed by atoms with E-state index in [1.807, 2.05) is 6.07 Å². The summed E-state index contributed by atoms with van der Waals surface area (Å²) in [6.45, 7) is 0. The Balaban J connectivity index is 1.84. The molecule has 0 unspecified atom stereocenters. The van der Waals surface area contributed by atoms with E-state index in [4.69, 9.17) is 4.74 Å². The van der Waals surface area contributed by atoms with Crippen LogP contribution in [0.15, 0.2) is 47.5 Å². The summed E-state index contributed by atoms with van der Waals surface area (Å²) >= 11 is 1.26. The van der Waals surface area contributed by atoms with Gasteiger partial charge in [-0.25, -0.2) is 4.99 Å². The maximum absolute atomic E-state index is 9.83. The molecule has 3 rings (SSSR count). The lowest BCUT2D eigenvalue weighted by Crippen LogP contribution is -1.86. The van der Waals surface area contributed by atoms with Crippen LogP contribution in [0.5, 0.6) is 17.2 Å². The first-order chi connectivity index (χ1) is 11.2. The normalized spacial score (nSPS) is 11.0. The predicted octanol–water partition coefficient (Wildman–Crippen LogP) is 3.38. The molecule has 7 heteroatoms. The molecule has 0 aliphatic carbocycles. The van der Waals surface area contributed by atoms with Crippen LogP contribution in [-0.2, 0) is 0 Å². The maximum Gasteiger partial charge on any atom is 0.231 e. The minimum atomic E-state index is 0.0953. The molecule has 0 fully saturated rings. The Hall–Kier alpha value is -2.93. The molecule has 0 atom stereocenters. The summed E-state index contributed by atoms with van der Waals surface area (Å²) in [4.78, 5) is 4.24. The van der Waals surface area contributed by atoms with Crippen LogP contribution in [0.25, 0.3) is 10.6 Å². The summed E-state index contributed by atoms with van der Waals surface area (Å²) in [5.74, 6) is 0.786. The molecule has 0 saturated heterocycles. The van der Waals surface area contributed by atoms with Crippen LogP contribution < -0.4 is 4.74 Å². The van der Waals surface area contributed by atoms with Gasteiger partial charge >= 0.3 is 0 Å². The smallest absolute Gasteiger partial charge is 0.231 e. The van der Waals surface area contributed by atoms with Crippen LogP contribution >= 0.6 is 11.3 Å². The van der Waals surface area contributed by atoms with E-state index in [0.717, 1.165) is 0 Å². The van der Waals surface area contributed by atoms with Crippen molar-refractivity contribution in [1.29, 1.82) is 0 Å². The third-order valence-corrected chi connectivity index (χ3v) is 3.89. The van der Waals surface area contributed by atoms with Gasteiger partial charge in [0.25, 0.3) is 0 Å². The molecule has 0 spiro atoms. The summed E-state index contributed by atoms with van der Waals surface area (Å²) in [5, 5.41) is 28.5. The van der Waals surface area contributed by atoms with Gasteiger partial charge in [0.2, 0.25) is 5.13 Å². The fourth-order valence-corrected chi connectivity index (χ4v) is 2.68. The largest absolute Gasteiger partial charge is 0.508 e. The van der Waals surface area contributed by atoms with Crippen molar-refractivity contribution in [1.82, 2.24) is 10.2 Å². The molecule has 2 aromatic carbocycles. The zero-order valence-electron chi connectivity index (χ0n) is 12.2. The molecule has 1 heterocycles. The second-order valence-electron chi connectivity index (χ2n) is 4.63. The van der Waals surface area contributed by atoms with Gasteiger partial charge in [-0.15, -0.1) is 10.2 Å². The van der Waals surface area contributed by atoms with Gasteiger partial charge in [-0.05, 0) is 24.3 Å². The Bertz CT molecular complexity index is 861. The molecule has 3 aromatic rings. The summed E-state index contributed by atoms with van der Waals surface area (Å²) < 4.78 is 5.09. The monoisotopic (exact) mass is 327 g/mol. The lowest BCUT2D eigenvalue weighted by atomic mass is 10.2. The maximum atomic E-state index is 9.83. The number of rotatable bonds is 4. The quantitative estimate of drug-likeness (QED) is 0.717. The van der Waals surface area contributed by atoms with E-state index in [1.165, 1.54) is 24.5 Å². The van der Waals surface area contributed by atoms with Crippen molar-refractivity contribution in [3.63, 3.8) is 0 Å². The van der Waals surface area contributed by atoms with Gasteiger partial charge in [0, 0.05) is 17.8 Å². The van der Waals surface area contributed by atoms with Crippen LogP contribution in [0.2, 0.25) is 0 Å². The second kappa shape index (κ2) is 6.45. The van der Waals surface area contributed by atoms with Gasteiger partial charge < -0.3 is 14.9 Å². The van der Waals surface area contributed by atoms with Gasteiger partial charge in [-0.3, -0.25) is 0 Å². The minimum Gasteiger partial charge on any atom is -0.508 e. The van der Waals surface area contributed by atoms with E-state index in [-0.39, 0.29) is 11.5 Å². The van der Waals surface area contributed by atoms with E-state index in [9.17, 15) is 10.2 Å². The van der Waals surface area contributed by atoms with Crippen molar-refractivity contribution >= 4 is 22.7 Å². The molecule has 23 heavy (non-hydrogen) atoms. The summed E-state index contributed by atoms with van der Waals surface area (Å²) in [6.07, 6.45) is 1.57. The third-order valence-electron chi connectivity index (χ3n) is 3.02. The number of nitrogens with zero attached hydrogens (tertiary/aromatic N) is 3. The number of aromatic hydroxyl groups is 2. The SMILES string of the molecule is COc1cc(O)cc(/C=N/c2nnc(-c3ccccc3O)s2)c1. The zero-order chi connectivity index (χ0) is 16.2. The average Bonchev–Trinajstić information content (AvgIpc) is 3.01. The molecule has 0 saturated carbocycles. The Morgan fingerprint density at radius 1 is 1.13 bits per heavy atom. The molecule has 0 aliphatic heterocycles. The summed E-state index contributed by atoms with van der Waals surface area (Å²) in [5.41, 5.74) is 1.30. The Morgan fingerprint density at radius 2 is 1.96 bits per heavy atom. The summed E-state index contributed by atoms with van der Waals surface area (Å²) in [6, 6.07) is 11.7. The van der Waals surface area contributed by atoms with E-state index in [0.29, 0.717) is 27.0 Å². The molecular weight excluding hydrogens is 314 g/mol. The highest BCUT2D eigenvalue weighted by Gasteiger charge is 2.09. The van der Waals surface area contributed by atoms with Crippen LogP contribution in [0, 0.1) is 0 Å². The van der Waals surface area contributed by atoms with Crippen LogP contribution in [-0.4, -0.2) is 33.7 Å². The fourth-order valence-electron chi connectivity index (χ4n) is 1.96. The number of phenolic OH excluding ortho intramolecular Hbond substituents is 2. The minimum absolute atomic E-state index is 0.0953. The molecule has 2 N–H and O–H groups in total. The number of para-hydroxylation sites is 1. The van der Waals surface area contributed by atoms with Gasteiger partial charge in [0.15, 0.2) is 5.01 Å². The first kappa shape index (κ1) is 15.0. The first-order valence-corrected chi connectivity index (χ1v) is 7.51. The van der Waals surface area contributed by atoms with Crippen LogP contribution in [0.4, 0.5) is 5.13 Å². The lowest BCUT2D eigenvalue weighted by Gasteiger charge is -2.01. The Kier molecular flexibility index (Phi) is 4.20. The van der Waals surface area contributed by atoms with Crippen molar-refractivity contribution in [3.05, 3.63) is 48.0 Å². The standard InChI is InChI=1S/C16H13N3O3S/c1-22-12-7-10(6-11(20)8-12)9-17-16-19-18-15(23-16)13-4-2-3-5-14(13)21/h2-9,20-21H,1H3/b17-9+. The highest BCUT2D eigenvalue weighted by Crippen LogP contribution is 2.33. The molecule has 116 valence electrons. The van der Waals surface area contributed by atoms with Crippen molar-refractivity contribution < 1.29 is 14.9 Å². The molecule has 0 radical (unpaired) electrons. The van der Waals surface area contributed by atoms with Gasteiger partial charge in [0.1, 0.15) is 17.2 Å². The number of phenols is 2. The van der Waals surface area contributed by atoms with E-state index >= 15 is 0 Å². The van der Waals surface area contributed by atoms with Crippen molar-refractivity contribution in [2.24, 2.45) is 4.99 Å². The van der Waals surface area contributed by atoms with Crippen molar-refractivity contribution in [2.45, 2.75) is 0 Å². The number of methoxy groups -OCH3 is 1. The van der Waals surface area contributed by atoms with E-state index in [2.05, 4.69) is 15.2 Å². The number of ether oxygens (including phenoxy) is 1. The number of hydrogen-bond acceptors (Lipinski definition) is 7. The number of aliphatic imine (C=N–C) groups is 1. The van der Waals surface area contributed by atoms with Crippen molar-refractivity contribution in [2.75, 3.05) is 7.11 Å². The molecule has 0 aliphatic rings. The van der Waals surface area contributed by atoms with Gasteiger partial charge in [-0.2, -0.15) is 0 Å². The molecule has 0 amide bonds. The zero-order valence-corrected chi connectivity index (χ0v) is 13.0. The number of aromatic nitrogens is 2.